The smallest absolute Gasteiger partial charge is 0.254 e. The van der Waals surface area contributed by atoms with Gasteiger partial charge in [-0.05, 0) is 26.1 Å². The normalized spacial score (nSPS) is 10.7. The fourth-order valence-corrected chi connectivity index (χ4v) is 2.78. The van der Waals surface area contributed by atoms with Crippen molar-refractivity contribution in [1.82, 2.24) is 20.4 Å². The standard InChI is InChI=1S/C15H20N4O2S/c1-11-17-14(21-18-11)10-22-13-7-5-4-6-12(13)15(20)19(3)9-8-16-2/h4-7,16H,8-10H2,1-3H3. The van der Waals surface area contributed by atoms with Crippen LogP contribution in [0.2, 0.25) is 0 Å². The Labute approximate surface area is 134 Å². The van der Waals surface area contributed by atoms with Crippen LogP contribution < -0.4 is 5.32 Å². The molecule has 7 heteroatoms. The average molecular weight is 320 g/mol. The van der Waals surface area contributed by atoms with Gasteiger partial charge in [0.1, 0.15) is 0 Å². The molecule has 0 aliphatic heterocycles. The predicted octanol–water partition coefficient (Wildman–Crippen LogP) is 1.96. The molecule has 0 spiro atoms. The number of likely N-dealkylation sites (N-methyl/N-ethyl adjacent to an activating group) is 2. The Bertz CT molecular complexity index is 630. The van der Waals surface area contributed by atoms with Gasteiger partial charge in [0.05, 0.1) is 11.3 Å². The second kappa shape index (κ2) is 7.95. The lowest BCUT2D eigenvalue weighted by molar-refractivity contribution is 0.0793. The molecule has 1 heterocycles. The Balaban J connectivity index is 2.07. The van der Waals surface area contributed by atoms with E-state index in [-0.39, 0.29) is 5.91 Å². The quantitative estimate of drug-likeness (QED) is 0.786. The second-order valence-corrected chi connectivity index (χ2v) is 5.87. The van der Waals surface area contributed by atoms with Gasteiger partial charge in [-0.1, -0.05) is 17.3 Å². The van der Waals surface area contributed by atoms with Crippen LogP contribution in [-0.4, -0.2) is 48.1 Å². The third kappa shape index (κ3) is 4.32. The van der Waals surface area contributed by atoms with E-state index in [1.165, 1.54) is 11.8 Å². The molecule has 0 saturated heterocycles. The van der Waals surface area contributed by atoms with E-state index in [9.17, 15) is 4.79 Å². The number of carbonyl (C=O) groups is 1. The first kappa shape index (κ1) is 16.5. The van der Waals surface area contributed by atoms with Crippen molar-refractivity contribution in [2.45, 2.75) is 17.6 Å². The van der Waals surface area contributed by atoms with Crippen molar-refractivity contribution in [2.24, 2.45) is 0 Å². The molecular formula is C15H20N4O2S. The molecular weight excluding hydrogens is 300 g/mol. The lowest BCUT2D eigenvalue weighted by Crippen LogP contribution is -2.33. The van der Waals surface area contributed by atoms with Gasteiger partial charge in [0.25, 0.3) is 5.91 Å². The Morgan fingerprint density at radius 1 is 1.41 bits per heavy atom. The van der Waals surface area contributed by atoms with Crippen LogP contribution in [-0.2, 0) is 5.75 Å². The third-order valence-corrected chi connectivity index (χ3v) is 4.14. The molecule has 0 aliphatic rings. The van der Waals surface area contributed by atoms with Gasteiger partial charge in [-0.15, -0.1) is 11.8 Å². The number of thioether (sulfide) groups is 1. The van der Waals surface area contributed by atoms with Gasteiger partial charge in [-0.25, -0.2) is 0 Å². The minimum Gasteiger partial charge on any atom is -0.340 e. The molecule has 0 unspecified atom stereocenters. The molecule has 118 valence electrons. The van der Waals surface area contributed by atoms with Crippen molar-refractivity contribution in [3.05, 3.63) is 41.5 Å². The monoisotopic (exact) mass is 320 g/mol. The Morgan fingerprint density at radius 2 is 2.18 bits per heavy atom. The van der Waals surface area contributed by atoms with Gasteiger partial charge in [0.2, 0.25) is 5.89 Å². The number of rotatable bonds is 7. The lowest BCUT2D eigenvalue weighted by Gasteiger charge is -2.18. The van der Waals surface area contributed by atoms with Crippen molar-refractivity contribution in [1.29, 1.82) is 0 Å². The van der Waals surface area contributed by atoms with Crippen molar-refractivity contribution in [3.8, 4) is 0 Å². The van der Waals surface area contributed by atoms with Crippen molar-refractivity contribution in [3.63, 3.8) is 0 Å². The molecule has 6 nitrogen and oxygen atoms in total. The third-order valence-electron chi connectivity index (χ3n) is 3.08. The van der Waals surface area contributed by atoms with Crippen molar-refractivity contribution < 1.29 is 9.32 Å². The SMILES string of the molecule is CNCCN(C)C(=O)c1ccccc1SCc1nc(C)no1. The highest BCUT2D eigenvalue weighted by molar-refractivity contribution is 7.98. The zero-order valence-corrected chi connectivity index (χ0v) is 13.8. The summed E-state index contributed by atoms with van der Waals surface area (Å²) >= 11 is 1.52. The number of nitrogens with one attached hydrogen (secondary N) is 1. The van der Waals surface area contributed by atoms with Crippen LogP contribution >= 0.6 is 11.8 Å². The highest BCUT2D eigenvalue weighted by Gasteiger charge is 2.16. The van der Waals surface area contributed by atoms with E-state index in [1.54, 1.807) is 11.8 Å². The van der Waals surface area contributed by atoms with Gasteiger partial charge in [0, 0.05) is 25.0 Å². The molecule has 1 aromatic carbocycles. The molecule has 0 radical (unpaired) electrons. The van der Waals surface area contributed by atoms with E-state index in [4.69, 9.17) is 4.52 Å². The van der Waals surface area contributed by atoms with Crippen LogP contribution in [0.5, 0.6) is 0 Å². The maximum atomic E-state index is 12.5. The molecule has 2 rings (SSSR count). The van der Waals surface area contributed by atoms with Gasteiger partial charge >= 0.3 is 0 Å². The van der Waals surface area contributed by atoms with Gasteiger partial charge < -0.3 is 14.7 Å². The highest BCUT2D eigenvalue weighted by atomic mass is 32.2. The summed E-state index contributed by atoms with van der Waals surface area (Å²) in [6.07, 6.45) is 0. The summed E-state index contributed by atoms with van der Waals surface area (Å²) in [5.41, 5.74) is 0.697. The van der Waals surface area contributed by atoms with Crippen LogP contribution in [0.4, 0.5) is 0 Å². The molecule has 0 atom stereocenters. The summed E-state index contributed by atoms with van der Waals surface area (Å²) in [4.78, 5) is 19.3. The van der Waals surface area contributed by atoms with E-state index in [1.807, 2.05) is 38.4 Å². The van der Waals surface area contributed by atoms with Crippen LogP contribution in [0.15, 0.2) is 33.7 Å². The van der Waals surface area contributed by atoms with E-state index >= 15 is 0 Å². The predicted molar refractivity (Wildman–Crippen MR) is 85.9 cm³/mol. The summed E-state index contributed by atoms with van der Waals surface area (Å²) in [5, 5.41) is 6.81. The summed E-state index contributed by atoms with van der Waals surface area (Å²) < 4.78 is 5.10. The van der Waals surface area contributed by atoms with Crippen LogP contribution in [0, 0.1) is 6.92 Å². The topological polar surface area (TPSA) is 71.3 Å². The first-order valence-corrected chi connectivity index (χ1v) is 8.01. The Morgan fingerprint density at radius 3 is 2.86 bits per heavy atom. The average Bonchev–Trinajstić information content (AvgIpc) is 2.95. The number of benzene rings is 1. The molecule has 0 saturated carbocycles. The van der Waals surface area contributed by atoms with Crippen LogP contribution in [0.3, 0.4) is 0 Å². The first-order valence-electron chi connectivity index (χ1n) is 7.03. The maximum absolute atomic E-state index is 12.5. The number of aryl methyl sites for hydroxylation is 1. The molecule has 0 fully saturated rings. The summed E-state index contributed by atoms with van der Waals surface area (Å²) in [6, 6.07) is 7.58. The van der Waals surface area contributed by atoms with E-state index < -0.39 is 0 Å². The Kier molecular flexibility index (Phi) is 5.97. The zero-order valence-electron chi connectivity index (χ0n) is 13.0. The van der Waals surface area contributed by atoms with Crippen LogP contribution in [0.1, 0.15) is 22.1 Å². The zero-order chi connectivity index (χ0) is 15.9. The minimum absolute atomic E-state index is 0.0139. The van der Waals surface area contributed by atoms with Crippen molar-refractivity contribution in [2.75, 3.05) is 27.2 Å². The molecule has 0 bridgehead atoms. The summed E-state index contributed by atoms with van der Waals surface area (Å²) in [5.74, 6) is 1.74. The molecule has 22 heavy (non-hydrogen) atoms. The van der Waals surface area contributed by atoms with E-state index in [0.29, 0.717) is 29.6 Å². The van der Waals surface area contributed by atoms with Gasteiger partial charge in [0.15, 0.2) is 5.82 Å². The van der Waals surface area contributed by atoms with E-state index in [2.05, 4.69) is 15.5 Å². The molecule has 0 aliphatic carbocycles. The van der Waals surface area contributed by atoms with Gasteiger partial charge in [-0.3, -0.25) is 4.79 Å². The molecule has 1 aromatic heterocycles. The summed E-state index contributed by atoms with van der Waals surface area (Å²) in [7, 11) is 3.68. The number of hydrogen-bond acceptors (Lipinski definition) is 6. The number of carbonyl (C=O) groups excluding carboxylic acids is 1. The van der Waals surface area contributed by atoms with Crippen molar-refractivity contribution >= 4 is 17.7 Å². The largest absolute Gasteiger partial charge is 0.340 e. The minimum atomic E-state index is 0.0139. The van der Waals surface area contributed by atoms with Crippen LogP contribution in [0.25, 0.3) is 0 Å². The molecule has 2 aromatic rings. The second-order valence-electron chi connectivity index (χ2n) is 4.85. The summed E-state index contributed by atoms with van der Waals surface area (Å²) in [6.45, 7) is 3.21. The molecule has 1 amide bonds. The first-order chi connectivity index (χ1) is 10.6. The Hall–Kier alpha value is -1.86. The van der Waals surface area contributed by atoms with Gasteiger partial charge in [-0.2, -0.15) is 4.98 Å². The number of hydrogen-bond donors (Lipinski definition) is 1. The number of amides is 1. The molecule has 1 N–H and O–H groups in total. The highest BCUT2D eigenvalue weighted by Crippen LogP contribution is 2.26. The fraction of sp³-hybridized carbons (Fsp3) is 0.400. The number of aromatic nitrogens is 2. The fourth-order valence-electron chi connectivity index (χ4n) is 1.89. The maximum Gasteiger partial charge on any atom is 0.254 e. The van der Waals surface area contributed by atoms with E-state index in [0.717, 1.165) is 11.4 Å². The lowest BCUT2D eigenvalue weighted by atomic mass is 10.2. The number of nitrogens with zero attached hydrogens (tertiary/aromatic N) is 3.